The van der Waals surface area contributed by atoms with E-state index in [1.54, 1.807) is 0 Å². The molecule has 0 heterocycles. The van der Waals surface area contributed by atoms with Crippen molar-refractivity contribution in [2.24, 2.45) is 0 Å². The number of rotatable bonds is 8. The van der Waals surface area contributed by atoms with E-state index in [1.807, 2.05) is 76.2 Å². The van der Waals surface area contributed by atoms with Gasteiger partial charge in [0.25, 0.3) is 0 Å². The minimum atomic E-state index is -3.35. The van der Waals surface area contributed by atoms with Crippen molar-refractivity contribution in [1.82, 2.24) is 0 Å². The second-order valence-corrected chi connectivity index (χ2v) is 7.81. The van der Waals surface area contributed by atoms with Gasteiger partial charge in [0.1, 0.15) is 0 Å². The molecule has 0 spiro atoms. The summed E-state index contributed by atoms with van der Waals surface area (Å²) in [4.78, 5) is 0. The molecule has 0 aliphatic carbocycles. The molecule has 24 heavy (non-hydrogen) atoms. The smallest absolute Gasteiger partial charge is 0.357 e. The van der Waals surface area contributed by atoms with Crippen LogP contribution < -0.4 is 5.32 Å². The van der Waals surface area contributed by atoms with Crippen LogP contribution in [0.1, 0.15) is 36.3 Å². The van der Waals surface area contributed by atoms with Crippen LogP contribution in [0.15, 0.2) is 48.5 Å². The van der Waals surface area contributed by atoms with E-state index in [0.717, 1.165) is 16.8 Å². The topological polar surface area (TPSA) is 47.6 Å². The highest BCUT2D eigenvalue weighted by Crippen LogP contribution is 2.60. The molecule has 2 aromatic carbocycles. The Morgan fingerprint density at radius 1 is 0.875 bits per heavy atom. The van der Waals surface area contributed by atoms with Gasteiger partial charge in [-0.3, -0.25) is 4.57 Å². The molecular weight excluding hydrogens is 321 g/mol. The van der Waals surface area contributed by atoms with Gasteiger partial charge in [0.05, 0.1) is 13.2 Å². The lowest BCUT2D eigenvalue weighted by atomic mass is 10.1. The number of aryl methyl sites for hydroxylation is 2. The van der Waals surface area contributed by atoms with Gasteiger partial charge < -0.3 is 14.4 Å². The molecule has 0 aliphatic rings. The number of nitrogens with one attached hydrogen (secondary N) is 1. The van der Waals surface area contributed by atoms with E-state index in [-0.39, 0.29) is 0 Å². The molecule has 130 valence electrons. The summed E-state index contributed by atoms with van der Waals surface area (Å²) in [6, 6.07) is 15.9. The summed E-state index contributed by atoms with van der Waals surface area (Å²) in [6.45, 7) is 8.36. The molecular formula is C19H26NO3P. The second-order valence-electron chi connectivity index (χ2n) is 5.70. The average molecular weight is 347 g/mol. The van der Waals surface area contributed by atoms with Crippen LogP contribution in [0.4, 0.5) is 5.69 Å². The summed E-state index contributed by atoms with van der Waals surface area (Å²) in [7, 11) is -3.35. The van der Waals surface area contributed by atoms with E-state index in [2.05, 4.69) is 5.32 Å². The summed E-state index contributed by atoms with van der Waals surface area (Å²) in [5.74, 6) is -0.555. The van der Waals surface area contributed by atoms with Crippen LogP contribution >= 0.6 is 7.60 Å². The van der Waals surface area contributed by atoms with Crippen LogP contribution in [0.3, 0.4) is 0 Å². The summed E-state index contributed by atoms with van der Waals surface area (Å²) in [5, 5.41) is 3.34. The van der Waals surface area contributed by atoms with Gasteiger partial charge in [0.15, 0.2) is 5.78 Å². The largest absolute Gasteiger partial charge is 0.368 e. The van der Waals surface area contributed by atoms with Gasteiger partial charge in [0.2, 0.25) is 0 Å². The number of benzene rings is 2. The molecule has 0 aliphatic heterocycles. The van der Waals surface area contributed by atoms with Crippen molar-refractivity contribution in [2.75, 3.05) is 18.5 Å². The standard InChI is InChI=1S/C19H26NO3P/c1-5-22-24(21,23-6-2)19(17-11-7-15(3)8-12-17)20-18-13-9-16(4)10-14-18/h7-14,19-20H,5-6H2,1-4H3. The van der Waals surface area contributed by atoms with Gasteiger partial charge in [-0.05, 0) is 45.4 Å². The Bertz CT molecular complexity index is 673. The lowest BCUT2D eigenvalue weighted by Crippen LogP contribution is -2.15. The third kappa shape index (κ3) is 4.70. The van der Waals surface area contributed by atoms with Crippen LogP contribution in [-0.2, 0) is 13.6 Å². The molecule has 1 N–H and O–H groups in total. The highest BCUT2D eigenvalue weighted by atomic mass is 31.2. The predicted octanol–water partition coefficient (Wildman–Crippen LogP) is 5.68. The van der Waals surface area contributed by atoms with Crippen LogP contribution in [0.25, 0.3) is 0 Å². The monoisotopic (exact) mass is 347 g/mol. The molecule has 0 bridgehead atoms. The van der Waals surface area contributed by atoms with Gasteiger partial charge in [-0.2, -0.15) is 0 Å². The van der Waals surface area contributed by atoms with Crippen LogP contribution in [0.5, 0.6) is 0 Å². The van der Waals surface area contributed by atoms with Gasteiger partial charge >= 0.3 is 7.60 Å². The molecule has 0 saturated carbocycles. The zero-order valence-corrected chi connectivity index (χ0v) is 15.7. The lowest BCUT2D eigenvalue weighted by molar-refractivity contribution is 0.214. The number of hydrogen-bond donors (Lipinski definition) is 1. The Hall–Kier alpha value is -1.61. The molecule has 2 aromatic rings. The normalized spacial score (nSPS) is 12.8. The third-order valence-electron chi connectivity index (χ3n) is 3.68. The van der Waals surface area contributed by atoms with Crippen molar-refractivity contribution < 1.29 is 13.6 Å². The van der Waals surface area contributed by atoms with Gasteiger partial charge in [-0.15, -0.1) is 0 Å². The molecule has 2 rings (SSSR count). The Labute approximate surface area is 144 Å². The molecule has 0 saturated heterocycles. The second kappa shape index (κ2) is 8.48. The summed E-state index contributed by atoms with van der Waals surface area (Å²) >= 11 is 0. The van der Waals surface area contributed by atoms with E-state index in [0.29, 0.717) is 13.2 Å². The zero-order chi connectivity index (χ0) is 17.6. The maximum atomic E-state index is 13.4. The molecule has 1 unspecified atom stereocenters. The minimum absolute atomic E-state index is 0.329. The number of anilines is 1. The Morgan fingerprint density at radius 3 is 1.79 bits per heavy atom. The molecule has 0 aromatic heterocycles. The van der Waals surface area contributed by atoms with Gasteiger partial charge in [0, 0.05) is 5.69 Å². The average Bonchev–Trinajstić information content (AvgIpc) is 2.56. The van der Waals surface area contributed by atoms with Crippen LogP contribution in [-0.4, -0.2) is 13.2 Å². The summed E-state index contributed by atoms with van der Waals surface area (Å²) in [5.41, 5.74) is 4.08. The Balaban J connectivity index is 2.41. The first-order chi connectivity index (χ1) is 11.5. The fourth-order valence-electron chi connectivity index (χ4n) is 2.45. The maximum Gasteiger partial charge on any atom is 0.357 e. The van der Waals surface area contributed by atoms with Crippen molar-refractivity contribution in [3.8, 4) is 0 Å². The first-order valence-corrected chi connectivity index (χ1v) is 9.88. The van der Waals surface area contributed by atoms with Crippen molar-refractivity contribution in [2.45, 2.75) is 33.5 Å². The molecule has 0 fully saturated rings. The zero-order valence-electron chi connectivity index (χ0n) is 14.8. The third-order valence-corrected chi connectivity index (χ3v) is 5.98. The molecule has 0 radical (unpaired) electrons. The SMILES string of the molecule is CCOP(=O)(OCC)C(Nc1ccc(C)cc1)c1ccc(C)cc1. The minimum Gasteiger partial charge on any atom is -0.368 e. The van der Waals surface area contributed by atoms with Crippen LogP contribution in [0.2, 0.25) is 0 Å². The first kappa shape index (κ1) is 18.7. The molecule has 1 atom stereocenters. The van der Waals surface area contributed by atoms with Crippen LogP contribution in [0, 0.1) is 13.8 Å². The van der Waals surface area contributed by atoms with Gasteiger partial charge in [-0.25, -0.2) is 0 Å². The summed E-state index contributed by atoms with van der Waals surface area (Å²) < 4.78 is 24.5. The van der Waals surface area contributed by atoms with E-state index >= 15 is 0 Å². The highest BCUT2D eigenvalue weighted by Gasteiger charge is 2.37. The highest BCUT2D eigenvalue weighted by molar-refractivity contribution is 7.54. The molecule has 0 amide bonds. The van der Waals surface area contributed by atoms with Crippen molar-refractivity contribution >= 4 is 13.3 Å². The van der Waals surface area contributed by atoms with Crippen molar-refractivity contribution in [3.05, 3.63) is 65.2 Å². The van der Waals surface area contributed by atoms with E-state index in [1.165, 1.54) is 5.56 Å². The Morgan fingerprint density at radius 2 is 1.33 bits per heavy atom. The van der Waals surface area contributed by atoms with Crippen molar-refractivity contribution in [3.63, 3.8) is 0 Å². The van der Waals surface area contributed by atoms with Gasteiger partial charge in [-0.1, -0.05) is 47.5 Å². The van der Waals surface area contributed by atoms with E-state index in [4.69, 9.17) is 9.05 Å². The maximum absolute atomic E-state index is 13.4. The number of hydrogen-bond acceptors (Lipinski definition) is 4. The predicted molar refractivity (Wildman–Crippen MR) is 99.6 cm³/mol. The first-order valence-electron chi connectivity index (χ1n) is 8.27. The summed E-state index contributed by atoms with van der Waals surface area (Å²) in [6.07, 6.45) is 0. The fourth-order valence-corrected chi connectivity index (χ4v) is 4.38. The van der Waals surface area contributed by atoms with E-state index in [9.17, 15) is 4.57 Å². The van der Waals surface area contributed by atoms with Crippen molar-refractivity contribution in [1.29, 1.82) is 0 Å². The Kier molecular flexibility index (Phi) is 6.61. The molecule has 4 nitrogen and oxygen atoms in total. The quantitative estimate of drug-likeness (QED) is 0.624. The van der Waals surface area contributed by atoms with E-state index < -0.39 is 13.4 Å². The lowest BCUT2D eigenvalue weighted by Gasteiger charge is -2.28. The fraction of sp³-hybridized carbons (Fsp3) is 0.368. The molecule has 5 heteroatoms.